The molecule has 3 rings (SSSR count). The Labute approximate surface area is 156 Å². The van der Waals surface area contributed by atoms with Crippen LogP contribution in [0.1, 0.15) is 28.5 Å². The second kappa shape index (κ2) is 7.79. The number of hydrogen-bond donors (Lipinski definition) is 1. The molecule has 0 saturated carbocycles. The van der Waals surface area contributed by atoms with E-state index in [2.05, 4.69) is 20.6 Å². The monoisotopic (exact) mass is 397 g/mol. The van der Waals surface area contributed by atoms with Crippen molar-refractivity contribution < 1.29 is 26.9 Å². The zero-order chi connectivity index (χ0) is 20.3. The number of nitrogens with zero attached hydrogens (tertiary/aromatic N) is 4. The van der Waals surface area contributed by atoms with Gasteiger partial charge in [0.25, 0.3) is 0 Å². The first kappa shape index (κ1) is 19.5. The quantitative estimate of drug-likeness (QED) is 0.510. The molecule has 1 N–H and O–H groups in total. The number of nitrogens with one attached hydrogen (secondary N) is 1. The number of amides is 1. The highest BCUT2D eigenvalue weighted by Crippen LogP contribution is 2.28. The van der Waals surface area contributed by atoms with E-state index in [4.69, 9.17) is 4.52 Å². The topological polar surface area (TPSA) is 85.8 Å². The van der Waals surface area contributed by atoms with E-state index in [-0.39, 0.29) is 24.8 Å². The molecule has 7 nitrogen and oxygen atoms in total. The fourth-order valence-electron chi connectivity index (χ4n) is 2.41. The molecule has 148 valence electrons. The summed E-state index contributed by atoms with van der Waals surface area (Å²) in [6, 6.07) is 6.32. The largest absolute Gasteiger partial charge is 0.435 e. The second-order valence-corrected chi connectivity index (χ2v) is 5.93. The van der Waals surface area contributed by atoms with E-state index in [1.54, 1.807) is 0 Å². The van der Waals surface area contributed by atoms with Gasteiger partial charge in [0.15, 0.2) is 5.69 Å². The summed E-state index contributed by atoms with van der Waals surface area (Å²) in [6.45, 7) is 1.90. The van der Waals surface area contributed by atoms with Crippen molar-refractivity contribution in [2.24, 2.45) is 0 Å². The highest BCUT2D eigenvalue weighted by Gasteiger charge is 2.34. The lowest BCUT2D eigenvalue weighted by Crippen LogP contribution is -2.25. The Balaban J connectivity index is 1.51. The Morgan fingerprint density at radius 1 is 1.25 bits per heavy atom. The Morgan fingerprint density at radius 2 is 1.96 bits per heavy atom. The van der Waals surface area contributed by atoms with Crippen molar-refractivity contribution in [3.8, 4) is 11.4 Å². The SMILES string of the molecule is Cc1cc(C(F)(F)F)nn1CCCNC(=O)c1nc(-c2ccc(F)cc2)no1. The maximum Gasteiger partial charge on any atom is 0.435 e. The number of hydrogen-bond acceptors (Lipinski definition) is 5. The highest BCUT2D eigenvalue weighted by molar-refractivity contribution is 5.89. The molecule has 0 aliphatic heterocycles. The van der Waals surface area contributed by atoms with Gasteiger partial charge < -0.3 is 9.84 Å². The number of halogens is 4. The second-order valence-electron chi connectivity index (χ2n) is 5.93. The van der Waals surface area contributed by atoms with Crippen LogP contribution in [0.4, 0.5) is 17.6 Å². The number of aryl methyl sites for hydroxylation is 2. The summed E-state index contributed by atoms with van der Waals surface area (Å²) in [5.41, 5.74) is -0.0912. The summed E-state index contributed by atoms with van der Waals surface area (Å²) in [5.74, 6) is -1.17. The van der Waals surface area contributed by atoms with Gasteiger partial charge in [-0.2, -0.15) is 23.3 Å². The van der Waals surface area contributed by atoms with E-state index in [1.807, 2.05) is 0 Å². The van der Waals surface area contributed by atoms with Crippen molar-refractivity contribution in [2.75, 3.05) is 6.54 Å². The summed E-state index contributed by atoms with van der Waals surface area (Å²) >= 11 is 0. The minimum absolute atomic E-state index is 0.136. The van der Waals surface area contributed by atoms with Crippen molar-refractivity contribution in [1.82, 2.24) is 25.2 Å². The van der Waals surface area contributed by atoms with Crippen molar-refractivity contribution >= 4 is 5.91 Å². The molecule has 2 aromatic heterocycles. The fraction of sp³-hybridized carbons (Fsp3) is 0.294. The molecule has 0 unspecified atom stereocenters. The first-order chi connectivity index (χ1) is 13.2. The molecule has 0 bridgehead atoms. The first-order valence-corrected chi connectivity index (χ1v) is 8.23. The molecule has 0 atom stereocenters. The Bertz CT molecular complexity index is 963. The van der Waals surface area contributed by atoms with Crippen LogP contribution in [-0.4, -0.2) is 32.4 Å². The van der Waals surface area contributed by atoms with E-state index >= 15 is 0 Å². The van der Waals surface area contributed by atoms with Crippen molar-refractivity contribution in [1.29, 1.82) is 0 Å². The number of benzene rings is 1. The molecular formula is C17H15F4N5O2. The zero-order valence-corrected chi connectivity index (χ0v) is 14.6. The van der Waals surface area contributed by atoms with Crippen LogP contribution in [0.2, 0.25) is 0 Å². The summed E-state index contributed by atoms with van der Waals surface area (Å²) in [6.07, 6.45) is -4.14. The van der Waals surface area contributed by atoms with Crippen LogP contribution in [0.15, 0.2) is 34.9 Å². The molecular weight excluding hydrogens is 382 g/mol. The van der Waals surface area contributed by atoms with Gasteiger partial charge in [0, 0.05) is 24.3 Å². The van der Waals surface area contributed by atoms with Crippen LogP contribution in [0.25, 0.3) is 11.4 Å². The zero-order valence-electron chi connectivity index (χ0n) is 14.6. The predicted molar refractivity (Wildman–Crippen MR) is 88.6 cm³/mol. The lowest BCUT2D eigenvalue weighted by molar-refractivity contribution is -0.141. The minimum atomic E-state index is -4.50. The maximum absolute atomic E-state index is 12.9. The van der Waals surface area contributed by atoms with Crippen LogP contribution in [-0.2, 0) is 12.7 Å². The average Bonchev–Trinajstić information content (AvgIpc) is 3.26. The van der Waals surface area contributed by atoms with Gasteiger partial charge in [0.1, 0.15) is 5.82 Å². The van der Waals surface area contributed by atoms with Gasteiger partial charge in [0.2, 0.25) is 5.82 Å². The molecule has 2 heterocycles. The lowest BCUT2D eigenvalue weighted by atomic mass is 10.2. The Hall–Kier alpha value is -3.24. The summed E-state index contributed by atoms with van der Waals surface area (Å²) in [5, 5.41) is 9.71. The number of rotatable bonds is 6. The predicted octanol–water partition coefficient (Wildman–Crippen LogP) is 3.22. The molecule has 0 fully saturated rings. The van der Waals surface area contributed by atoms with Crippen molar-refractivity contribution in [2.45, 2.75) is 26.1 Å². The van der Waals surface area contributed by atoms with E-state index in [0.717, 1.165) is 6.07 Å². The molecule has 1 amide bonds. The summed E-state index contributed by atoms with van der Waals surface area (Å²) < 4.78 is 56.9. The lowest BCUT2D eigenvalue weighted by Gasteiger charge is -2.05. The van der Waals surface area contributed by atoms with Crippen LogP contribution in [0.5, 0.6) is 0 Å². The van der Waals surface area contributed by atoms with Gasteiger partial charge in [-0.1, -0.05) is 5.16 Å². The van der Waals surface area contributed by atoms with Crippen LogP contribution in [0, 0.1) is 12.7 Å². The van der Waals surface area contributed by atoms with Crippen molar-refractivity contribution in [3.05, 3.63) is 53.4 Å². The van der Waals surface area contributed by atoms with E-state index < -0.39 is 23.6 Å². The number of aromatic nitrogens is 4. The summed E-state index contributed by atoms with van der Waals surface area (Å²) in [7, 11) is 0. The number of alkyl halides is 3. The van der Waals surface area contributed by atoms with Crippen LogP contribution < -0.4 is 5.32 Å². The maximum atomic E-state index is 12.9. The molecule has 28 heavy (non-hydrogen) atoms. The molecule has 0 aliphatic carbocycles. The third-order valence-corrected chi connectivity index (χ3v) is 3.83. The molecule has 0 aliphatic rings. The normalized spacial score (nSPS) is 11.6. The third kappa shape index (κ3) is 4.53. The van der Waals surface area contributed by atoms with Crippen LogP contribution >= 0.6 is 0 Å². The number of carbonyl (C=O) groups excluding carboxylic acids is 1. The van der Waals surface area contributed by atoms with Gasteiger partial charge in [-0.3, -0.25) is 9.48 Å². The van der Waals surface area contributed by atoms with Crippen LogP contribution in [0.3, 0.4) is 0 Å². The molecule has 11 heteroatoms. The van der Waals surface area contributed by atoms with E-state index in [1.165, 1.54) is 35.9 Å². The van der Waals surface area contributed by atoms with E-state index in [0.29, 0.717) is 17.7 Å². The van der Waals surface area contributed by atoms with Crippen molar-refractivity contribution in [3.63, 3.8) is 0 Å². The molecule has 0 radical (unpaired) electrons. The van der Waals surface area contributed by atoms with Gasteiger partial charge >= 0.3 is 18.0 Å². The molecule has 0 spiro atoms. The first-order valence-electron chi connectivity index (χ1n) is 8.23. The summed E-state index contributed by atoms with van der Waals surface area (Å²) in [4.78, 5) is 16.0. The van der Waals surface area contributed by atoms with Gasteiger partial charge in [0.05, 0.1) is 0 Å². The van der Waals surface area contributed by atoms with Gasteiger partial charge in [-0.25, -0.2) is 4.39 Å². The third-order valence-electron chi connectivity index (χ3n) is 3.83. The average molecular weight is 397 g/mol. The molecule has 0 saturated heterocycles. The standard InChI is InChI=1S/C17H15F4N5O2/c1-10-9-13(17(19,20)21)24-26(10)8-2-7-22-15(27)16-23-14(25-28-16)11-3-5-12(18)6-4-11/h3-6,9H,2,7-8H2,1H3,(H,22,27). The fourth-order valence-corrected chi connectivity index (χ4v) is 2.41. The van der Waals surface area contributed by atoms with Gasteiger partial charge in [-0.15, -0.1) is 0 Å². The molecule has 3 aromatic rings. The molecule has 1 aromatic carbocycles. The Morgan fingerprint density at radius 3 is 2.61 bits per heavy atom. The number of carbonyl (C=O) groups is 1. The highest BCUT2D eigenvalue weighted by atomic mass is 19.4. The smallest absolute Gasteiger partial charge is 0.348 e. The van der Waals surface area contributed by atoms with E-state index in [9.17, 15) is 22.4 Å². The minimum Gasteiger partial charge on any atom is -0.348 e. The van der Waals surface area contributed by atoms with Gasteiger partial charge in [-0.05, 0) is 43.7 Å². The Kier molecular flexibility index (Phi) is 5.43.